The van der Waals surface area contributed by atoms with E-state index in [0.717, 1.165) is 6.54 Å². The molecule has 0 heterocycles. The molecule has 1 aromatic rings. The van der Waals surface area contributed by atoms with Crippen molar-refractivity contribution in [3.8, 4) is 0 Å². The summed E-state index contributed by atoms with van der Waals surface area (Å²) in [7, 11) is 0. The number of hydrogen-bond acceptors (Lipinski definition) is 2. The van der Waals surface area contributed by atoms with E-state index in [-0.39, 0.29) is 0 Å². The maximum atomic E-state index is 3.71. The van der Waals surface area contributed by atoms with E-state index in [1.54, 1.807) is 0 Å². The first kappa shape index (κ1) is 15.4. The maximum Gasteiger partial charge on any atom is 0.0342 e. The van der Waals surface area contributed by atoms with Crippen molar-refractivity contribution in [3.63, 3.8) is 0 Å². The Balaban J connectivity index is 1.87. The summed E-state index contributed by atoms with van der Waals surface area (Å²) in [5.41, 5.74) is 2.66. The number of hydrogen-bond donors (Lipinski definition) is 2. The van der Waals surface area contributed by atoms with Crippen molar-refractivity contribution < 1.29 is 0 Å². The lowest BCUT2D eigenvalue weighted by molar-refractivity contribution is 0.570. The van der Waals surface area contributed by atoms with Gasteiger partial charge in [-0.2, -0.15) is 0 Å². The number of rotatable bonds is 6. The molecule has 0 aromatic heterocycles. The topological polar surface area (TPSA) is 24.1 Å². The van der Waals surface area contributed by atoms with E-state index in [1.807, 2.05) is 0 Å². The Kier molecular flexibility index (Phi) is 6.38. The molecule has 0 amide bonds. The van der Waals surface area contributed by atoms with Crippen LogP contribution in [-0.2, 0) is 0 Å². The summed E-state index contributed by atoms with van der Waals surface area (Å²) in [6.07, 6.45) is 9.44. The van der Waals surface area contributed by atoms with Crippen LogP contribution in [-0.4, -0.2) is 12.6 Å². The largest absolute Gasteiger partial charge is 0.382 e. The Labute approximate surface area is 124 Å². The van der Waals surface area contributed by atoms with Gasteiger partial charge < -0.3 is 10.6 Å². The van der Waals surface area contributed by atoms with Crippen LogP contribution < -0.4 is 10.6 Å². The third-order valence-electron chi connectivity index (χ3n) is 4.34. The maximum absolute atomic E-state index is 3.71. The highest BCUT2D eigenvalue weighted by Crippen LogP contribution is 2.22. The van der Waals surface area contributed by atoms with Crippen LogP contribution in [0.4, 0.5) is 5.69 Å². The molecular weight excluding hydrogens is 244 g/mol. The zero-order chi connectivity index (χ0) is 14.2. The van der Waals surface area contributed by atoms with Crippen LogP contribution in [0.5, 0.6) is 0 Å². The summed E-state index contributed by atoms with van der Waals surface area (Å²) in [4.78, 5) is 0. The van der Waals surface area contributed by atoms with E-state index in [0.29, 0.717) is 12.1 Å². The van der Waals surface area contributed by atoms with Gasteiger partial charge in [0.25, 0.3) is 0 Å². The molecule has 1 aromatic carbocycles. The molecule has 2 heteroatoms. The predicted octanol–water partition coefficient (Wildman–Crippen LogP) is 4.88. The zero-order valence-electron chi connectivity index (χ0n) is 13.1. The van der Waals surface area contributed by atoms with Crippen molar-refractivity contribution in [1.29, 1.82) is 0 Å². The van der Waals surface area contributed by atoms with Gasteiger partial charge in [-0.05, 0) is 50.4 Å². The van der Waals surface area contributed by atoms with Crippen LogP contribution in [0, 0.1) is 0 Å². The Bertz CT molecular complexity index is 364. The van der Waals surface area contributed by atoms with Crippen LogP contribution in [0.1, 0.15) is 70.4 Å². The molecular formula is C18H30N2. The minimum absolute atomic E-state index is 0.446. The van der Waals surface area contributed by atoms with Crippen molar-refractivity contribution in [1.82, 2.24) is 5.32 Å². The van der Waals surface area contributed by atoms with Gasteiger partial charge in [-0.25, -0.2) is 0 Å². The van der Waals surface area contributed by atoms with E-state index in [2.05, 4.69) is 48.7 Å². The fraction of sp³-hybridized carbons (Fsp3) is 0.667. The lowest BCUT2D eigenvalue weighted by Crippen LogP contribution is -2.20. The molecule has 1 aliphatic carbocycles. The van der Waals surface area contributed by atoms with Crippen molar-refractivity contribution in [2.75, 3.05) is 11.9 Å². The second kappa shape index (κ2) is 8.31. The Morgan fingerprint density at radius 2 is 1.70 bits per heavy atom. The van der Waals surface area contributed by atoms with Crippen LogP contribution in [0.2, 0.25) is 0 Å². The summed E-state index contributed by atoms with van der Waals surface area (Å²) >= 11 is 0. The lowest BCUT2D eigenvalue weighted by atomic mass is 10.1. The van der Waals surface area contributed by atoms with Crippen molar-refractivity contribution in [3.05, 3.63) is 29.8 Å². The SMILES string of the molecule is CCCNC(C)c1ccc(NC2CCCCCC2)cc1. The van der Waals surface area contributed by atoms with Gasteiger partial charge in [0.05, 0.1) is 0 Å². The van der Waals surface area contributed by atoms with E-state index in [9.17, 15) is 0 Å². The molecule has 1 aliphatic rings. The molecule has 0 aliphatic heterocycles. The highest BCUT2D eigenvalue weighted by atomic mass is 14.9. The molecule has 0 bridgehead atoms. The number of benzene rings is 1. The molecule has 0 saturated heterocycles. The summed E-state index contributed by atoms with van der Waals surface area (Å²) in [6, 6.07) is 10.1. The summed E-state index contributed by atoms with van der Waals surface area (Å²) in [5.74, 6) is 0. The average molecular weight is 274 g/mol. The van der Waals surface area contributed by atoms with Gasteiger partial charge in [0.1, 0.15) is 0 Å². The predicted molar refractivity (Wildman–Crippen MR) is 88.3 cm³/mol. The minimum atomic E-state index is 0.446. The van der Waals surface area contributed by atoms with Crippen LogP contribution in [0.15, 0.2) is 24.3 Å². The van der Waals surface area contributed by atoms with Gasteiger partial charge in [0.15, 0.2) is 0 Å². The first-order chi connectivity index (χ1) is 9.79. The number of anilines is 1. The Morgan fingerprint density at radius 3 is 2.30 bits per heavy atom. The first-order valence-corrected chi connectivity index (χ1v) is 8.39. The highest BCUT2D eigenvalue weighted by molar-refractivity contribution is 5.46. The Hall–Kier alpha value is -1.02. The molecule has 0 radical (unpaired) electrons. The van der Waals surface area contributed by atoms with Crippen molar-refractivity contribution >= 4 is 5.69 Å². The molecule has 1 saturated carbocycles. The van der Waals surface area contributed by atoms with Gasteiger partial charge in [-0.15, -0.1) is 0 Å². The standard InChI is InChI=1S/C18H30N2/c1-3-14-19-15(2)16-10-12-18(13-11-16)20-17-8-6-4-5-7-9-17/h10-13,15,17,19-20H,3-9,14H2,1-2H3. The van der Waals surface area contributed by atoms with Gasteiger partial charge in [-0.1, -0.05) is 44.7 Å². The van der Waals surface area contributed by atoms with Crippen molar-refractivity contribution in [2.45, 2.75) is 70.9 Å². The molecule has 20 heavy (non-hydrogen) atoms. The summed E-state index contributed by atoms with van der Waals surface area (Å²) < 4.78 is 0. The zero-order valence-corrected chi connectivity index (χ0v) is 13.1. The molecule has 2 nitrogen and oxygen atoms in total. The van der Waals surface area contributed by atoms with E-state index in [1.165, 1.54) is 56.2 Å². The molecule has 112 valence electrons. The van der Waals surface area contributed by atoms with Gasteiger partial charge in [-0.3, -0.25) is 0 Å². The molecule has 1 unspecified atom stereocenters. The van der Waals surface area contributed by atoms with Crippen LogP contribution >= 0.6 is 0 Å². The fourth-order valence-corrected chi connectivity index (χ4v) is 3.01. The highest BCUT2D eigenvalue weighted by Gasteiger charge is 2.12. The number of nitrogens with one attached hydrogen (secondary N) is 2. The van der Waals surface area contributed by atoms with E-state index in [4.69, 9.17) is 0 Å². The fourth-order valence-electron chi connectivity index (χ4n) is 3.01. The van der Waals surface area contributed by atoms with E-state index < -0.39 is 0 Å². The molecule has 2 N–H and O–H groups in total. The van der Waals surface area contributed by atoms with Crippen molar-refractivity contribution in [2.24, 2.45) is 0 Å². The quantitative estimate of drug-likeness (QED) is 0.722. The molecule has 0 spiro atoms. The second-order valence-electron chi connectivity index (χ2n) is 6.13. The van der Waals surface area contributed by atoms with Gasteiger partial charge >= 0.3 is 0 Å². The normalized spacial score (nSPS) is 18.5. The average Bonchev–Trinajstić information content (AvgIpc) is 2.74. The second-order valence-corrected chi connectivity index (χ2v) is 6.13. The molecule has 1 atom stereocenters. The van der Waals surface area contributed by atoms with Gasteiger partial charge in [0, 0.05) is 17.8 Å². The third-order valence-corrected chi connectivity index (χ3v) is 4.34. The van der Waals surface area contributed by atoms with Crippen LogP contribution in [0.3, 0.4) is 0 Å². The first-order valence-electron chi connectivity index (χ1n) is 8.39. The molecule has 1 fully saturated rings. The van der Waals surface area contributed by atoms with Crippen LogP contribution in [0.25, 0.3) is 0 Å². The lowest BCUT2D eigenvalue weighted by Gasteiger charge is -2.19. The molecule has 2 rings (SSSR count). The monoisotopic (exact) mass is 274 g/mol. The third kappa shape index (κ3) is 4.82. The van der Waals surface area contributed by atoms with Gasteiger partial charge in [0.2, 0.25) is 0 Å². The Morgan fingerprint density at radius 1 is 1.05 bits per heavy atom. The summed E-state index contributed by atoms with van der Waals surface area (Å²) in [5, 5.41) is 7.25. The summed E-state index contributed by atoms with van der Waals surface area (Å²) in [6.45, 7) is 5.53. The van der Waals surface area contributed by atoms with E-state index >= 15 is 0 Å². The smallest absolute Gasteiger partial charge is 0.0342 e. The minimum Gasteiger partial charge on any atom is -0.382 e.